The van der Waals surface area contributed by atoms with Gasteiger partial charge in [0.25, 0.3) is 0 Å². The molecular weight excluding hydrogens is 519 g/mol. The normalized spacial score (nSPS) is 29.4. The van der Waals surface area contributed by atoms with Crippen molar-refractivity contribution in [3.8, 4) is 5.75 Å². The van der Waals surface area contributed by atoms with Gasteiger partial charge in [-0.2, -0.15) is 30.4 Å². The second-order valence-corrected chi connectivity index (χ2v) is 11.4. The average molecular weight is 542 g/mol. The molecule has 5 rings (SSSR count). The molecule has 0 amide bonds. The number of hydrogen-bond acceptors (Lipinski definition) is 7. The van der Waals surface area contributed by atoms with Gasteiger partial charge >= 0.3 is 39.3 Å². The molecule has 1 N–H and O–H groups in total. The van der Waals surface area contributed by atoms with Gasteiger partial charge in [0.15, 0.2) is 0 Å². The highest BCUT2D eigenvalue weighted by molar-refractivity contribution is 7.86. The number of ether oxygens (including phenoxy) is 3. The Morgan fingerprint density at radius 3 is 1.89 bits per heavy atom. The lowest BCUT2D eigenvalue weighted by molar-refractivity contribution is -0.361. The Labute approximate surface area is 202 Å². The Bertz CT molecular complexity index is 1090. The number of halogens is 5. The molecule has 4 aliphatic rings. The van der Waals surface area contributed by atoms with Crippen molar-refractivity contribution < 1.29 is 58.7 Å². The number of carbonyl (C=O) groups is 2. The van der Waals surface area contributed by atoms with Gasteiger partial charge in [-0.05, 0) is 68.4 Å². The maximum absolute atomic E-state index is 14.4. The molecule has 0 spiro atoms. The molecule has 14 heteroatoms. The second-order valence-electron chi connectivity index (χ2n) is 9.81. The van der Waals surface area contributed by atoms with Crippen molar-refractivity contribution in [2.45, 2.75) is 55.7 Å². The predicted octanol–water partition coefficient (Wildman–Crippen LogP) is 4.11. The van der Waals surface area contributed by atoms with Crippen LogP contribution < -0.4 is 4.74 Å². The number of alkyl halides is 5. The Kier molecular flexibility index (Phi) is 6.62. The molecule has 8 nitrogen and oxygen atoms in total. The average Bonchev–Trinajstić information content (AvgIpc) is 2.74. The molecule has 0 aromatic heterocycles. The Morgan fingerprint density at radius 2 is 1.44 bits per heavy atom. The molecule has 0 saturated heterocycles. The third kappa shape index (κ3) is 4.82. The van der Waals surface area contributed by atoms with E-state index in [0.717, 1.165) is 31.4 Å². The first-order chi connectivity index (χ1) is 16.6. The van der Waals surface area contributed by atoms with E-state index in [1.165, 1.54) is 18.2 Å². The first-order valence-electron chi connectivity index (χ1n) is 11.1. The second kappa shape index (κ2) is 8.91. The smallest absolute Gasteiger partial charge is 0.421 e. The molecule has 0 radical (unpaired) electrons. The van der Waals surface area contributed by atoms with Crippen LogP contribution >= 0.6 is 0 Å². The van der Waals surface area contributed by atoms with Crippen LogP contribution in [0.1, 0.15) is 38.5 Å². The molecular formula is C22H23F5O8S. The molecule has 1 unspecified atom stereocenters. The lowest BCUT2D eigenvalue weighted by Crippen LogP contribution is -2.62. The minimum Gasteiger partial charge on any atom is -0.421 e. The zero-order valence-corrected chi connectivity index (χ0v) is 19.5. The van der Waals surface area contributed by atoms with E-state index >= 15 is 0 Å². The highest BCUT2D eigenvalue weighted by Gasteiger charge is 2.71. The lowest BCUT2D eigenvalue weighted by atomic mass is 9.49. The van der Waals surface area contributed by atoms with Crippen molar-refractivity contribution in [1.29, 1.82) is 0 Å². The van der Waals surface area contributed by atoms with E-state index in [1.807, 2.05) is 0 Å². The zero-order valence-electron chi connectivity index (χ0n) is 18.7. The van der Waals surface area contributed by atoms with Gasteiger partial charge in [0.1, 0.15) is 12.4 Å². The van der Waals surface area contributed by atoms with Crippen molar-refractivity contribution in [3.63, 3.8) is 0 Å². The molecule has 1 atom stereocenters. The summed E-state index contributed by atoms with van der Waals surface area (Å²) in [7, 11) is -6.24. The summed E-state index contributed by atoms with van der Waals surface area (Å²) in [5.74, 6) is -8.82. The van der Waals surface area contributed by atoms with Gasteiger partial charge in [-0.1, -0.05) is 18.2 Å². The Balaban J connectivity index is 1.70. The van der Waals surface area contributed by atoms with E-state index in [-0.39, 0.29) is 37.0 Å². The van der Waals surface area contributed by atoms with E-state index < -0.39 is 57.0 Å². The van der Waals surface area contributed by atoms with Crippen LogP contribution in [0.2, 0.25) is 0 Å². The fourth-order valence-electron chi connectivity index (χ4n) is 5.91. The van der Waals surface area contributed by atoms with Crippen LogP contribution in [0.5, 0.6) is 5.75 Å². The lowest BCUT2D eigenvalue weighted by Gasteiger charge is -2.55. The molecule has 36 heavy (non-hydrogen) atoms. The monoisotopic (exact) mass is 542 g/mol. The van der Waals surface area contributed by atoms with Crippen LogP contribution in [0.15, 0.2) is 30.3 Å². The highest BCUT2D eigenvalue weighted by Crippen LogP contribution is 2.61. The van der Waals surface area contributed by atoms with E-state index in [9.17, 15) is 40.0 Å². The molecule has 4 bridgehead atoms. The highest BCUT2D eigenvalue weighted by atomic mass is 32.2. The molecule has 200 valence electrons. The first-order valence-corrected chi connectivity index (χ1v) is 12.6. The third-order valence-corrected chi connectivity index (χ3v) is 8.00. The summed E-state index contributed by atoms with van der Waals surface area (Å²) >= 11 is 0. The number of esters is 2. The van der Waals surface area contributed by atoms with Gasteiger partial charge in [-0.25, -0.2) is 4.79 Å². The maximum atomic E-state index is 14.4. The minimum absolute atomic E-state index is 0.0742. The van der Waals surface area contributed by atoms with Crippen molar-refractivity contribution in [3.05, 3.63) is 30.3 Å². The van der Waals surface area contributed by atoms with Gasteiger partial charge in [0.05, 0.1) is 5.41 Å². The van der Waals surface area contributed by atoms with E-state index in [2.05, 4.69) is 14.2 Å². The van der Waals surface area contributed by atoms with Gasteiger partial charge in [0, 0.05) is 0 Å². The van der Waals surface area contributed by atoms with Crippen LogP contribution in [-0.4, -0.2) is 48.7 Å². The van der Waals surface area contributed by atoms with Crippen molar-refractivity contribution in [1.82, 2.24) is 0 Å². The van der Waals surface area contributed by atoms with Crippen LogP contribution in [0.4, 0.5) is 22.0 Å². The fourth-order valence-corrected chi connectivity index (χ4v) is 6.12. The summed E-state index contributed by atoms with van der Waals surface area (Å²) < 4.78 is 115. The van der Waals surface area contributed by atoms with Crippen LogP contribution in [0.3, 0.4) is 0 Å². The fraction of sp³-hybridized carbons (Fsp3) is 0.636. The van der Waals surface area contributed by atoms with E-state index in [4.69, 9.17) is 4.55 Å². The van der Waals surface area contributed by atoms with Crippen molar-refractivity contribution in [2.75, 3.05) is 6.61 Å². The summed E-state index contributed by atoms with van der Waals surface area (Å²) in [6.07, 6.45) is -2.91. The number of hydrogen-bond donors (Lipinski definition) is 1. The van der Waals surface area contributed by atoms with Crippen LogP contribution in [-0.2, 0) is 29.2 Å². The summed E-state index contributed by atoms with van der Waals surface area (Å²) in [6.45, 7) is -2.65. The summed E-state index contributed by atoms with van der Waals surface area (Å²) in [4.78, 5) is 26.1. The maximum Gasteiger partial charge on any atom is 0.468 e. The number of para-hydroxylation sites is 1. The molecule has 1 aromatic carbocycles. The molecule has 0 aliphatic heterocycles. The quantitative estimate of drug-likeness (QED) is 0.172. The van der Waals surface area contributed by atoms with Crippen LogP contribution in [0.25, 0.3) is 0 Å². The Hall–Kier alpha value is -2.32. The molecule has 4 saturated carbocycles. The SMILES string of the molecule is O=C(OC(OCC(F)(F)S(=O)(=O)O)(C(=O)Oc1ccccc1)C(F)(F)F)C12CC3CC(CC(C3)C1)C2. The minimum atomic E-state index is -6.24. The molecule has 4 fully saturated rings. The van der Waals surface area contributed by atoms with E-state index in [1.54, 1.807) is 0 Å². The predicted molar refractivity (Wildman–Crippen MR) is 110 cm³/mol. The van der Waals surface area contributed by atoms with Gasteiger partial charge in [0.2, 0.25) is 0 Å². The third-order valence-electron chi connectivity index (χ3n) is 7.12. The topological polar surface area (TPSA) is 116 Å². The standard InChI is InChI=1S/C22H23F5O8S/c23-20(24,36(30,31)32)12-33-21(22(25,26)27,18(29)34-16-4-2-1-3-5-16)35-17(28)19-9-13-6-14(10-19)8-15(7-13)11-19/h1-5,13-15H,6-12H2,(H,30,31,32). The molecule has 1 aromatic rings. The van der Waals surface area contributed by atoms with Gasteiger partial charge in [-0.15, -0.1) is 0 Å². The van der Waals surface area contributed by atoms with Gasteiger partial charge < -0.3 is 14.2 Å². The summed E-state index contributed by atoms with van der Waals surface area (Å²) in [5, 5.41) is -5.26. The van der Waals surface area contributed by atoms with Crippen LogP contribution in [0, 0.1) is 23.2 Å². The van der Waals surface area contributed by atoms with Crippen molar-refractivity contribution in [2.24, 2.45) is 23.2 Å². The zero-order chi connectivity index (χ0) is 26.6. The van der Waals surface area contributed by atoms with Gasteiger partial charge in [-0.3, -0.25) is 9.35 Å². The number of carbonyl (C=O) groups excluding carboxylic acids is 2. The largest absolute Gasteiger partial charge is 0.468 e. The first kappa shape index (κ1) is 26.7. The summed E-state index contributed by atoms with van der Waals surface area (Å²) in [6, 6.07) is 6.20. The number of rotatable bonds is 8. The van der Waals surface area contributed by atoms with Crippen molar-refractivity contribution >= 4 is 22.1 Å². The molecule has 4 aliphatic carbocycles. The van der Waals surface area contributed by atoms with E-state index in [0.29, 0.717) is 0 Å². The number of benzene rings is 1. The summed E-state index contributed by atoms with van der Waals surface area (Å²) in [5.41, 5.74) is -1.37. The molecule has 0 heterocycles. The Morgan fingerprint density at radius 1 is 0.944 bits per heavy atom.